The van der Waals surface area contributed by atoms with Crippen molar-refractivity contribution in [2.75, 3.05) is 0 Å². The Balaban J connectivity index is 2.40. The molecule has 0 saturated heterocycles. The monoisotopic (exact) mass is 425 g/mol. The van der Waals surface area contributed by atoms with Crippen molar-refractivity contribution in [1.29, 1.82) is 0 Å². The largest absolute Gasteiger partial charge is 0.506 e. The normalized spacial score (nSPS) is 18.6. The second-order valence-corrected chi connectivity index (χ2v) is 6.99. The Bertz CT molecular complexity index is 430. The predicted molar refractivity (Wildman–Crippen MR) is 80.1 cm³/mol. The summed E-state index contributed by atoms with van der Waals surface area (Å²) in [5.74, 6) is 0.736. The summed E-state index contributed by atoms with van der Waals surface area (Å²) in [6, 6.07) is 1.82. The zero-order valence-corrected chi connectivity index (χ0v) is 14.0. The average Bonchev–Trinajstić information content (AvgIpc) is 2.79. The third-order valence-electron chi connectivity index (χ3n) is 3.42. The Morgan fingerprint density at radius 1 is 1.18 bits per heavy atom. The molecule has 1 aromatic carbocycles. The molecular weight excluding hydrogens is 414 g/mol. The number of rotatable bonds is 2. The minimum atomic E-state index is -0.0275. The number of aromatic hydroxyl groups is 1. The van der Waals surface area contributed by atoms with Crippen molar-refractivity contribution in [3.05, 3.63) is 25.0 Å². The van der Waals surface area contributed by atoms with Gasteiger partial charge in [-0.25, -0.2) is 0 Å². The number of phenolic OH excluding ortho intramolecular Hbond substituents is 1. The second-order valence-electron chi connectivity index (χ2n) is 4.49. The smallest absolute Gasteiger partial charge is 0.144 e. The number of halogens is 3. The van der Waals surface area contributed by atoms with Crippen molar-refractivity contribution in [3.8, 4) is 5.75 Å². The van der Waals surface area contributed by atoms with Gasteiger partial charge < -0.3 is 10.8 Å². The van der Waals surface area contributed by atoms with E-state index in [0.717, 1.165) is 10.0 Å². The molecule has 0 spiro atoms. The van der Waals surface area contributed by atoms with Crippen LogP contribution < -0.4 is 5.73 Å². The van der Waals surface area contributed by atoms with Crippen molar-refractivity contribution < 1.29 is 5.11 Å². The van der Waals surface area contributed by atoms with Gasteiger partial charge in [0.25, 0.3) is 0 Å². The Labute approximate surface area is 126 Å². The summed E-state index contributed by atoms with van der Waals surface area (Å²) in [4.78, 5) is 0. The highest BCUT2D eigenvalue weighted by Gasteiger charge is 2.27. The van der Waals surface area contributed by atoms with Crippen LogP contribution in [0.5, 0.6) is 5.75 Å². The van der Waals surface area contributed by atoms with Crippen LogP contribution in [-0.4, -0.2) is 5.11 Å². The van der Waals surface area contributed by atoms with Crippen molar-refractivity contribution in [2.45, 2.75) is 31.7 Å². The molecule has 1 aromatic rings. The molecule has 5 heteroatoms. The Morgan fingerprint density at radius 2 is 1.76 bits per heavy atom. The molecule has 0 bridgehead atoms. The van der Waals surface area contributed by atoms with Crippen molar-refractivity contribution >= 4 is 47.8 Å². The number of benzene rings is 1. The van der Waals surface area contributed by atoms with E-state index in [4.69, 9.17) is 5.73 Å². The van der Waals surface area contributed by atoms with Gasteiger partial charge in [0.2, 0.25) is 0 Å². The molecule has 17 heavy (non-hydrogen) atoms. The fourth-order valence-corrected chi connectivity index (χ4v) is 5.10. The van der Waals surface area contributed by atoms with Gasteiger partial charge in [-0.15, -0.1) is 0 Å². The highest BCUT2D eigenvalue weighted by molar-refractivity contribution is 9.11. The molecule has 1 aliphatic rings. The lowest BCUT2D eigenvalue weighted by Gasteiger charge is -2.22. The zero-order valence-electron chi connectivity index (χ0n) is 9.22. The molecule has 0 radical (unpaired) electrons. The van der Waals surface area contributed by atoms with E-state index in [1.165, 1.54) is 25.7 Å². The van der Waals surface area contributed by atoms with Gasteiger partial charge in [0.05, 0.1) is 8.95 Å². The number of nitrogens with two attached hydrogens (primary N) is 1. The molecule has 0 aliphatic heterocycles. The van der Waals surface area contributed by atoms with Gasteiger partial charge >= 0.3 is 0 Å². The topological polar surface area (TPSA) is 46.2 Å². The lowest BCUT2D eigenvalue weighted by Crippen LogP contribution is -2.20. The SMILES string of the molecule is N[C@H](c1c(Br)cc(Br)c(O)c1Br)C1CCCC1. The summed E-state index contributed by atoms with van der Waals surface area (Å²) >= 11 is 10.3. The van der Waals surface area contributed by atoms with Crippen LogP contribution in [-0.2, 0) is 0 Å². The van der Waals surface area contributed by atoms with E-state index < -0.39 is 0 Å². The third kappa shape index (κ3) is 2.72. The van der Waals surface area contributed by atoms with Crippen LogP contribution in [0.25, 0.3) is 0 Å². The first-order valence-electron chi connectivity index (χ1n) is 5.64. The molecule has 3 N–H and O–H groups in total. The summed E-state index contributed by atoms with van der Waals surface area (Å²) in [7, 11) is 0. The summed E-state index contributed by atoms with van der Waals surface area (Å²) in [5.41, 5.74) is 7.30. The fourth-order valence-electron chi connectivity index (χ4n) is 2.45. The number of hydrogen-bond donors (Lipinski definition) is 2. The zero-order chi connectivity index (χ0) is 12.6. The first kappa shape index (κ1) is 13.8. The lowest BCUT2D eigenvalue weighted by atomic mass is 9.92. The third-order valence-corrected chi connectivity index (χ3v) is 5.49. The highest BCUT2D eigenvalue weighted by atomic mass is 79.9. The summed E-state index contributed by atoms with van der Waals surface area (Å²) < 4.78 is 2.30. The predicted octanol–water partition coefficient (Wildman–Crippen LogP) is 4.87. The molecule has 0 heterocycles. The molecule has 0 aromatic heterocycles. The van der Waals surface area contributed by atoms with Crippen molar-refractivity contribution in [1.82, 2.24) is 0 Å². The quantitative estimate of drug-likeness (QED) is 0.707. The Morgan fingerprint density at radius 3 is 2.35 bits per heavy atom. The van der Waals surface area contributed by atoms with Gasteiger partial charge in [0.1, 0.15) is 5.75 Å². The van der Waals surface area contributed by atoms with E-state index in [1.807, 2.05) is 6.07 Å². The molecule has 1 fully saturated rings. The Hall–Kier alpha value is 0.420. The van der Waals surface area contributed by atoms with Gasteiger partial charge in [-0.05, 0) is 56.7 Å². The molecule has 94 valence electrons. The van der Waals surface area contributed by atoms with Crippen LogP contribution in [0.1, 0.15) is 37.3 Å². The van der Waals surface area contributed by atoms with E-state index in [9.17, 15) is 5.11 Å². The standard InChI is InChI=1S/C12H14Br3NO/c13-7-5-8(14)12(17)10(15)9(7)11(16)6-3-1-2-4-6/h5-6,11,17H,1-4,16H2/t11-/m0/s1. The minimum Gasteiger partial charge on any atom is -0.506 e. The number of hydrogen-bond acceptors (Lipinski definition) is 2. The van der Waals surface area contributed by atoms with Crippen molar-refractivity contribution in [3.63, 3.8) is 0 Å². The summed E-state index contributed by atoms with van der Waals surface area (Å²) in [5, 5.41) is 9.93. The van der Waals surface area contributed by atoms with Gasteiger partial charge in [0, 0.05) is 16.1 Å². The van der Waals surface area contributed by atoms with E-state index in [-0.39, 0.29) is 11.8 Å². The van der Waals surface area contributed by atoms with Crippen molar-refractivity contribution in [2.24, 2.45) is 11.7 Å². The van der Waals surface area contributed by atoms with Gasteiger partial charge in [0.15, 0.2) is 0 Å². The molecule has 1 aliphatic carbocycles. The highest BCUT2D eigenvalue weighted by Crippen LogP contribution is 2.45. The van der Waals surface area contributed by atoms with Crippen LogP contribution in [0.4, 0.5) is 0 Å². The maximum Gasteiger partial charge on any atom is 0.144 e. The maximum atomic E-state index is 9.93. The van der Waals surface area contributed by atoms with Gasteiger partial charge in [-0.3, -0.25) is 0 Å². The summed E-state index contributed by atoms with van der Waals surface area (Å²) in [6.45, 7) is 0. The maximum absolute atomic E-state index is 9.93. The molecule has 2 nitrogen and oxygen atoms in total. The average molecular weight is 428 g/mol. The molecule has 1 saturated carbocycles. The van der Waals surface area contributed by atoms with Crippen LogP contribution in [0.15, 0.2) is 19.5 Å². The molecule has 2 rings (SSSR count). The summed E-state index contributed by atoms with van der Waals surface area (Å²) in [6.07, 6.45) is 4.87. The van der Waals surface area contributed by atoms with E-state index in [1.54, 1.807) is 0 Å². The number of phenols is 1. The van der Waals surface area contributed by atoms with Crippen LogP contribution in [0.3, 0.4) is 0 Å². The van der Waals surface area contributed by atoms with Crippen LogP contribution in [0.2, 0.25) is 0 Å². The first-order chi connectivity index (χ1) is 8.02. The molecule has 1 atom stereocenters. The molecular formula is C12H14Br3NO. The molecule has 0 amide bonds. The van der Waals surface area contributed by atoms with Gasteiger partial charge in [-0.2, -0.15) is 0 Å². The second kappa shape index (κ2) is 5.59. The minimum absolute atomic E-state index is 0.0275. The van der Waals surface area contributed by atoms with E-state index >= 15 is 0 Å². The van der Waals surface area contributed by atoms with Crippen LogP contribution in [0, 0.1) is 5.92 Å². The first-order valence-corrected chi connectivity index (χ1v) is 8.02. The molecule has 0 unspecified atom stereocenters. The van der Waals surface area contributed by atoms with Gasteiger partial charge in [-0.1, -0.05) is 28.8 Å². The fraction of sp³-hybridized carbons (Fsp3) is 0.500. The van der Waals surface area contributed by atoms with E-state index in [2.05, 4.69) is 47.8 Å². The lowest BCUT2D eigenvalue weighted by molar-refractivity contribution is 0.433. The van der Waals surface area contributed by atoms with Crippen LogP contribution >= 0.6 is 47.8 Å². The Kier molecular flexibility index (Phi) is 4.55. The van der Waals surface area contributed by atoms with E-state index in [0.29, 0.717) is 14.9 Å².